The molecule has 130 valence electrons. The molecule has 1 unspecified atom stereocenters. The molecular formula is C20H22N2O3. The molecule has 0 fully saturated rings. The van der Waals surface area contributed by atoms with E-state index in [2.05, 4.69) is 5.32 Å². The van der Waals surface area contributed by atoms with E-state index in [1.807, 2.05) is 48.5 Å². The van der Waals surface area contributed by atoms with Gasteiger partial charge < -0.3 is 10.1 Å². The van der Waals surface area contributed by atoms with Crippen molar-refractivity contribution in [2.45, 2.75) is 25.3 Å². The fourth-order valence-corrected chi connectivity index (χ4v) is 3.23. The number of aryl methyl sites for hydroxylation is 1. The van der Waals surface area contributed by atoms with Crippen molar-refractivity contribution in [1.82, 2.24) is 5.32 Å². The molecule has 5 heteroatoms. The van der Waals surface area contributed by atoms with E-state index in [1.165, 1.54) is 0 Å². The fraction of sp³-hybridized carbons (Fsp3) is 0.300. The van der Waals surface area contributed by atoms with Crippen LogP contribution >= 0.6 is 0 Å². The molecule has 1 N–H and O–H groups in total. The lowest BCUT2D eigenvalue weighted by atomic mass is 10.1. The first kappa shape index (κ1) is 17.0. The summed E-state index contributed by atoms with van der Waals surface area (Å²) in [5, 5.41) is 2.67. The van der Waals surface area contributed by atoms with Gasteiger partial charge in [0.25, 0.3) is 0 Å². The van der Waals surface area contributed by atoms with E-state index in [1.54, 1.807) is 19.1 Å². The fourth-order valence-electron chi connectivity index (χ4n) is 3.23. The van der Waals surface area contributed by atoms with Gasteiger partial charge in [-0.15, -0.1) is 0 Å². The number of carbonyl (C=O) groups excluding carboxylic acids is 2. The number of nitrogens with one attached hydrogen (secondary N) is 1. The number of hydrogen-bond acceptors (Lipinski definition) is 3. The molecule has 5 nitrogen and oxygen atoms in total. The number of methoxy groups -OCH3 is 1. The van der Waals surface area contributed by atoms with Crippen molar-refractivity contribution in [1.29, 1.82) is 0 Å². The van der Waals surface area contributed by atoms with Crippen LogP contribution in [0.4, 0.5) is 5.69 Å². The third-order valence-electron chi connectivity index (χ3n) is 4.58. The van der Waals surface area contributed by atoms with Crippen LogP contribution in [0.5, 0.6) is 5.75 Å². The van der Waals surface area contributed by atoms with Gasteiger partial charge in [-0.25, -0.2) is 0 Å². The van der Waals surface area contributed by atoms with E-state index in [0.717, 1.165) is 22.6 Å². The van der Waals surface area contributed by atoms with Gasteiger partial charge in [0.1, 0.15) is 11.8 Å². The number of amides is 2. The molecule has 0 radical (unpaired) electrons. The third kappa shape index (κ3) is 3.50. The summed E-state index contributed by atoms with van der Waals surface area (Å²) < 4.78 is 5.15. The van der Waals surface area contributed by atoms with Crippen LogP contribution in [0.25, 0.3) is 0 Å². The number of para-hydroxylation sites is 1. The van der Waals surface area contributed by atoms with E-state index in [4.69, 9.17) is 4.74 Å². The second kappa shape index (κ2) is 7.38. The van der Waals surface area contributed by atoms with Crippen molar-refractivity contribution in [2.75, 3.05) is 19.1 Å². The highest BCUT2D eigenvalue weighted by atomic mass is 16.5. The lowest BCUT2D eigenvalue weighted by Gasteiger charge is -2.24. The van der Waals surface area contributed by atoms with E-state index in [0.29, 0.717) is 19.3 Å². The average molecular weight is 338 g/mol. The highest BCUT2D eigenvalue weighted by molar-refractivity contribution is 6.03. The van der Waals surface area contributed by atoms with E-state index in [-0.39, 0.29) is 11.8 Å². The quantitative estimate of drug-likeness (QED) is 0.910. The molecule has 25 heavy (non-hydrogen) atoms. The Morgan fingerprint density at radius 2 is 1.88 bits per heavy atom. The zero-order chi connectivity index (χ0) is 17.8. The predicted octanol–water partition coefficient (Wildman–Crippen LogP) is 2.33. The van der Waals surface area contributed by atoms with Crippen LogP contribution in [-0.2, 0) is 22.4 Å². The molecule has 1 aliphatic heterocycles. The van der Waals surface area contributed by atoms with Gasteiger partial charge in [-0.05, 0) is 35.7 Å². The Morgan fingerprint density at radius 1 is 1.16 bits per heavy atom. The maximum absolute atomic E-state index is 12.9. The number of likely N-dealkylation sites (N-methyl/N-ethyl adjacent to an activating group) is 1. The molecule has 1 atom stereocenters. The molecule has 0 saturated heterocycles. The number of fused-ring (bicyclic) bond motifs is 1. The topological polar surface area (TPSA) is 58.6 Å². The SMILES string of the molecule is CNC(=O)C1Cc2ccccc2N1C(=O)CCc1ccc(OC)cc1. The molecule has 3 rings (SSSR count). The molecule has 0 spiro atoms. The first-order valence-corrected chi connectivity index (χ1v) is 8.38. The van der Waals surface area contributed by atoms with Crippen LogP contribution in [0.3, 0.4) is 0 Å². The molecule has 2 aromatic rings. The molecule has 0 saturated carbocycles. The summed E-state index contributed by atoms with van der Waals surface area (Å²) in [4.78, 5) is 26.7. The number of hydrogen-bond donors (Lipinski definition) is 1. The van der Waals surface area contributed by atoms with Crippen LogP contribution in [0.15, 0.2) is 48.5 Å². The summed E-state index contributed by atoms with van der Waals surface area (Å²) >= 11 is 0. The second-order valence-electron chi connectivity index (χ2n) is 6.07. The zero-order valence-corrected chi connectivity index (χ0v) is 14.5. The molecule has 2 aromatic carbocycles. The largest absolute Gasteiger partial charge is 0.497 e. The Morgan fingerprint density at radius 3 is 2.56 bits per heavy atom. The monoisotopic (exact) mass is 338 g/mol. The Balaban J connectivity index is 1.75. The number of nitrogens with zero attached hydrogens (tertiary/aromatic N) is 1. The maximum atomic E-state index is 12.9. The van der Waals surface area contributed by atoms with Crippen LogP contribution in [0.2, 0.25) is 0 Å². The van der Waals surface area contributed by atoms with Gasteiger partial charge in [-0.3, -0.25) is 14.5 Å². The van der Waals surface area contributed by atoms with Gasteiger partial charge in [0, 0.05) is 25.6 Å². The molecule has 1 aliphatic rings. The van der Waals surface area contributed by atoms with Crippen LogP contribution in [-0.4, -0.2) is 32.0 Å². The van der Waals surface area contributed by atoms with Gasteiger partial charge >= 0.3 is 0 Å². The minimum atomic E-state index is -0.467. The van der Waals surface area contributed by atoms with E-state index in [9.17, 15) is 9.59 Å². The predicted molar refractivity (Wildman–Crippen MR) is 96.8 cm³/mol. The third-order valence-corrected chi connectivity index (χ3v) is 4.58. The summed E-state index contributed by atoms with van der Waals surface area (Å²) in [5.74, 6) is 0.631. The summed E-state index contributed by atoms with van der Waals surface area (Å²) in [6.45, 7) is 0. The van der Waals surface area contributed by atoms with Crippen LogP contribution in [0.1, 0.15) is 17.5 Å². The smallest absolute Gasteiger partial charge is 0.243 e. The summed E-state index contributed by atoms with van der Waals surface area (Å²) in [6.07, 6.45) is 1.54. The lowest BCUT2D eigenvalue weighted by molar-refractivity contribution is -0.125. The van der Waals surface area contributed by atoms with Crippen LogP contribution in [0, 0.1) is 0 Å². The average Bonchev–Trinajstić information content (AvgIpc) is 3.05. The maximum Gasteiger partial charge on any atom is 0.243 e. The molecular weight excluding hydrogens is 316 g/mol. The Hall–Kier alpha value is -2.82. The van der Waals surface area contributed by atoms with Gasteiger partial charge in [-0.1, -0.05) is 30.3 Å². The zero-order valence-electron chi connectivity index (χ0n) is 14.5. The minimum absolute atomic E-state index is 0.0330. The van der Waals surface area contributed by atoms with Crippen LogP contribution < -0.4 is 15.0 Å². The van der Waals surface area contributed by atoms with Crippen molar-refractivity contribution in [3.8, 4) is 5.75 Å². The standard InChI is InChI=1S/C20H22N2O3/c1-21-20(24)18-13-15-5-3-4-6-17(15)22(18)19(23)12-9-14-7-10-16(25-2)11-8-14/h3-8,10-11,18H,9,12-13H2,1-2H3,(H,21,24). The van der Waals surface area contributed by atoms with Crippen molar-refractivity contribution < 1.29 is 14.3 Å². The number of benzene rings is 2. The minimum Gasteiger partial charge on any atom is -0.497 e. The van der Waals surface area contributed by atoms with E-state index >= 15 is 0 Å². The van der Waals surface area contributed by atoms with Crippen molar-refractivity contribution in [3.05, 3.63) is 59.7 Å². The lowest BCUT2D eigenvalue weighted by Crippen LogP contribution is -2.47. The molecule has 0 aromatic heterocycles. The van der Waals surface area contributed by atoms with Crippen molar-refractivity contribution in [2.24, 2.45) is 0 Å². The Kier molecular flexibility index (Phi) is 5.03. The van der Waals surface area contributed by atoms with E-state index < -0.39 is 6.04 Å². The molecule has 0 bridgehead atoms. The Bertz CT molecular complexity index is 771. The van der Waals surface area contributed by atoms with Gasteiger partial charge in [0.05, 0.1) is 7.11 Å². The Labute approximate surface area is 147 Å². The first-order chi connectivity index (χ1) is 12.1. The second-order valence-corrected chi connectivity index (χ2v) is 6.07. The highest BCUT2D eigenvalue weighted by Gasteiger charge is 2.37. The molecule has 1 heterocycles. The summed E-state index contributed by atoms with van der Waals surface area (Å²) in [6, 6.07) is 14.9. The van der Waals surface area contributed by atoms with Crippen molar-refractivity contribution in [3.63, 3.8) is 0 Å². The normalized spacial score (nSPS) is 15.6. The number of anilines is 1. The molecule has 2 amide bonds. The summed E-state index contributed by atoms with van der Waals surface area (Å²) in [5.41, 5.74) is 2.95. The first-order valence-electron chi connectivity index (χ1n) is 8.38. The van der Waals surface area contributed by atoms with Gasteiger partial charge in [-0.2, -0.15) is 0 Å². The summed E-state index contributed by atoms with van der Waals surface area (Å²) in [7, 11) is 3.23. The highest BCUT2D eigenvalue weighted by Crippen LogP contribution is 2.32. The number of rotatable bonds is 5. The number of carbonyl (C=O) groups is 2. The van der Waals surface area contributed by atoms with Crippen molar-refractivity contribution >= 4 is 17.5 Å². The van der Waals surface area contributed by atoms with Gasteiger partial charge in [0.15, 0.2) is 0 Å². The van der Waals surface area contributed by atoms with Gasteiger partial charge in [0.2, 0.25) is 11.8 Å². The number of ether oxygens (including phenoxy) is 1. The molecule has 0 aliphatic carbocycles.